The number of aromatic nitrogens is 1. The lowest BCUT2D eigenvalue weighted by Gasteiger charge is -2.05. The van der Waals surface area contributed by atoms with E-state index in [4.69, 9.17) is 10.2 Å². The van der Waals surface area contributed by atoms with Crippen LogP contribution < -0.4 is 0 Å². The van der Waals surface area contributed by atoms with E-state index >= 15 is 0 Å². The number of rotatable bonds is 4. The smallest absolute Gasteiger partial charge is 0.354 e. The number of carboxylic acid groups (broad SMARTS) is 2. The van der Waals surface area contributed by atoms with Crippen molar-refractivity contribution in [1.82, 2.24) is 4.98 Å². The Balaban J connectivity index is 2.54. The molecule has 0 aliphatic rings. The molecule has 0 saturated carbocycles. The number of aromatic carboxylic acids is 2. The number of carbonyl (C=O) groups is 2. The molecule has 0 radical (unpaired) electrons. The molecule has 1 aromatic heterocycles. The van der Waals surface area contributed by atoms with Gasteiger partial charge in [0.1, 0.15) is 11.4 Å². The lowest BCUT2D eigenvalue weighted by atomic mass is 10.0. The van der Waals surface area contributed by atoms with E-state index in [0.717, 1.165) is 0 Å². The van der Waals surface area contributed by atoms with Gasteiger partial charge in [0.15, 0.2) is 0 Å². The molecule has 0 bridgehead atoms. The van der Waals surface area contributed by atoms with E-state index in [-0.39, 0.29) is 5.69 Å². The van der Waals surface area contributed by atoms with Crippen LogP contribution in [0.2, 0.25) is 0 Å². The van der Waals surface area contributed by atoms with Gasteiger partial charge in [0.05, 0.1) is 4.92 Å². The van der Waals surface area contributed by atoms with Crippen LogP contribution in [0.1, 0.15) is 21.0 Å². The van der Waals surface area contributed by atoms with Gasteiger partial charge < -0.3 is 10.2 Å². The Hall–Kier alpha value is -3.29. The molecule has 0 atom stereocenters. The molecule has 8 heteroatoms. The Morgan fingerprint density at radius 3 is 1.81 bits per heavy atom. The third-order valence-corrected chi connectivity index (χ3v) is 2.68. The van der Waals surface area contributed by atoms with Crippen LogP contribution in [-0.4, -0.2) is 32.1 Å². The van der Waals surface area contributed by atoms with E-state index < -0.39 is 28.2 Å². The van der Waals surface area contributed by atoms with E-state index in [1.54, 1.807) is 0 Å². The molecule has 21 heavy (non-hydrogen) atoms. The maximum Gasteiger partial charge on any atom is 0.354 e. The van der Waals surface area contributed by atoms with E-state index in [0.29, 0.717) is 11.1 Å². The summed E-state index contributed by atoms with van der Waals surface area (Å²) < 4.78 is 0. The fourth-order valence-electron chi connectivity index (χ4n) is 1.69. The van der Waals surface area contributed by atoms with Gasteiger partial charge in [0, 0.05) is 12.1 Å². The monoisotopic (exact) mass is 288 g/mol. The van der Waals surface area contributed by atoms with E-state index in [1.807, 2.05) is 0 Å². The van der Waals surface area contributed by atoms with Crippen molar-refractivity contribution in [3.8, 4) is 11.1 Å². The Kier molecular flexibility index (Phi) is 3.61. The number of hydrogen-bond acceptors (Lipinski definition) is 5. The van der Waals surface area contributed by atoms with Crippen LogP contribution >= 0.6 is 0 Å². The number of benzene rings is 1. The molecule has 0 aliphatic heterocycles. The second-order valence-corrected chi connectivity index (χ2v) is 4.04. The van der Waals surface area contributed by atoms with Crippen LogP contribution in [0.25, 0.3) is 11.1 Å². The largest absolute Gasteiger partial charge is 0.477 e. The van der Waals surface area contributed by atoms with Crippen molar-refractivity contribution in [2.24, 2.45) is 0 Å². The summed E-state index contributed by atoms with van der Waals surface area (Å²) in [5.41, 5.74) is -0.195. The zero-order valence-electron chi connectivity index (χ0n) is 10.4. The standard InChI is InChI=1S/C13H8N2O6/c16-12(17)10-5-8(6-11(14-10)13(18)19)7-1-3-9(4-2-7)15(20)21/h1-6H,(H,16,17)(H,18,19). The Morgan fingerprint density at radius 1 is 0.952 bits per heavy atom. The van der Waals surface area contributed by atoms with Crippen LogP contribution in [0.4, 0.5) is 5.69 Å². The highest BCUT2D eigenvalue weighted by molar-refractivity contribution is 5.92. The molecule has 0 fully saturated rings. The minimum absolute atomic E-state index is 0.121. The summed E-state index contributed by atoms with van der Waals surface area (Å²) in [5, 5.41) is 28.4. The van der Waals surface area contributed by atoms with Gasteiger partial charge in [-0.3, -0.25) is 10.1 Å². The Labute approximate surface area is 117 Å². The summed E-state index contributed by atoms with van der Waals surface area (Å²) in [4.78, 5) is 35.4. The highest BCUT2D eigenvalue weighted by Gasteiger charge is 2.14. The highest BCUT2D eigenvalue weighted by atomic mass is 16.6. The predicted octanol–water partition coefficient (Wildman–Crippen LogP) is 2.05. The zero-order chi connectivity index (χ0) is 15.6. The van der Waals surface area contributed by atoms with Crippen LogP contribution in [-0.2, 0) is 0 Å². The van der Waals surface area contributed by atoms with Gasteiger partial charge in [-0.05, 0) is 35.4 Å². The molecule has 106 valence electrons. The van der Waals surface area contributed by atoms with Crippen molar-refractivity contribution in [1.29, 1.82) is 0 Å². The first-order valence-corrected chi connectivity index (χ1v) is 5.62. The topological polar surface area (TPSA) is 131 Å². The van der Waals surface area contributed by atoms with Gasteiger partial charge in [0.2, 0.25) is 0 Å². The molecule has 0 saturated heterocycles. The minimum Gasteiger partial charge on any atom is -0.477 e. The molecule has 1 heterocycles. The van der Waals surface area contributed by atoms with E-state index in [1.165, 1.54) is 36.4 Å². The third kappa shape index (κ3) is 3.00. The molecule has 2 N–H and O–H groups in total. The van der Waals surface area contributed by atoms with Crippen LogP contribution in [0.15, 0.2) is 36.4 Å². The molecule has 2 aromatic rings. The molecule has 0 amide bonds. The number of carboxylic acids is 2. The van der Waals surface area contributed by atoms with Gasteiger partial charge in [-0.2, -0.15) is 0 Å². The fourth-order valence-corrected chi connectivity index (χ4v) is 1.69. The number of hydrogen-bond donors (Lipinski definition) is 2. The van der Waals surface area contributed by atoms with Crippen molar-refractivity contribution in [2.45, 2.75) is 0 Å². The zero-order valence-corrected chi connectivity index (χ0v) is 10.4. The fraction of sp³-hybridized carbons (Fsp3) is 0. The predicted molar refractivity (Wildman–Crippen MR) is 70.2 cm³/mol. The van der Waals surface area contributed by atoms with Crippen molar-refractivity contribution in [2.75, 3.05) is 0 Å². The molecular weight excluding hydrogens is 280 g/mol. The van der Waals surface area contributed by atoms with Gasteiger partial charge in [0.25, 0.3) is 5.69 Å². The normalized spacial score (nSPS) is 10.1. The van der Waals surface area contributed by atoms with Gasteiger partial charge in [-0.25, -0.2) is 14.6 Å². The van der Waals surface area contributed by atoms with E-state index in [2.05, 4.69) is 4.98 Å². The molecule has 8 nitrogen and oxygen atoms in total. The summed E-state index contributed by atoms with van der Waals surface area (Å²) in [5.74, 6) is -2.72. The third-order valence-electron chi connectivity index (χ3n) is 2.68. The van der Waals surface area contributed by atoms with Gasteiger partial charge in [-0.1, -0.05) is 0 Å². The minimum atomic E-state index is -1.36. The van der Waals surface area contributed by atoms with Crippen molar-refractivity contribution >= 4 is 17.6 Å². The summed E-state index contributed by atoms with van der Waals surface area (Å²) >= 11 is 0. The quantitative estimate of drug-likeness (QED) is 0.650. The number of pyridine rings is 1. The average Bonchev–Trinajstić information content (AvgIpc) is 2.46. The first-order valence-electron chi connectivity index (χ1n) is 5.62. The molecule has 0 aliphatic carbocycles. The first kappa shape index (κ1) is 14.1. The Morgan fingerprint density at radius 2 is 1.43 bits per heavy atom. The lowest BCUT2D eigenvalue weighted by molar-refractivity contribution is -0.384. The van der Waals surface area contributed by atoms with Crippen LogP contribution in [0.3, 0.4) is 0 Å². The van der Waals surface area contributed by atoms with E-state index in [9.17, 15) is 19.7 Å². The second-order valence-electron chi connectivity index (χ2n) is 4.04. The number of nitro benzene ring substituents is 1. The lowest BCUT2D eigenvalue weighted by Crippen LogP contribution is -2.07. The van der Waals surface area contributed by atoms with Crippen LogP contribution in [0.5, 0.6) is 0 Å². The van der Waals surface area contributed by atoms with Crippen LogP contribution in [0, 0.1) is 10.1 Å². The summed E-state index contributed by atoms with van der Waals surface area (Å²) in [6, 6.07) is 7.72. The number of non-ortho nitro benzene ring substituents is 1. The molecule has 1 aromatic carbocycles. The van der Waals surface area contributed by atoms with Gasteiger partial charge in [-0.15, -0.1) is 0 Å². The molecule has 0 unspecified atom stereocenters. The SMILES string of the molecule is O=C(O)c1cc(-c2ccc([N+](=O)[O-])cc2)cc(C(=O)O)n1. The molecular formula is C13H8N2O6. The second kappa shape index (κ2) is 5.37. The summed E-state index contributed by atoms with van der Waals surface area (Å²) in [6.07, 6.45) is 0. The Bertz CT molecular complexity index is 707. The number of nitro groups is 1. The molecule has 2 rings (SSSR count). The van der Waals surface area contributed by atoms with Crippen molar-refractivity contribution < 1.29 is 24.7 Å². The summed E-state index contributed by atoms with van der Waals surface area (Å²) in [6.45, 7) is 0. The first-order chi connectivity index (χ1) is 9.88. The average molecular weight is 288 g/mol. The van der Waals surface area contributed by atoms with Crippen molar-refractivity contribution in [3.63, 3.8) is 0 Å². The molecule has 0 spiro atoms. The maximum absolute atomic E-state index is 11.0. The number of nitrogens with zero attached hydrogens (tertiary/aromatic N) is 2. The summed E-state index contributed by atoms with van der Waals surface area (Å²) in [7, 11) is 0. The highest BCUT2D eigenvalue weighted by Crippen LogP contribution is 2.23. The van der Waals surface area contributed by atoms with Gasteiger partial charge >= 0.3 is 11.9 Å². The van der Waals surface area contributed by atoms with Crippen molar-refractivity contribution in [3.05, 3.63) is 57.9 Å². The maximum atomic E-state index is 11.0.